The van der Waals surface area contributed by atoms with Crippen molar-refractivity contribution >= 4 is 93.5 Å². The Kier molecular flexibility index (Phi) is 12.9. The molecule has 0 saturated heterocycles. The average molecular weight is 785 g/mol. The van der Waals surface area contributed by atoms with Crippen LogP contribution in [-0.2, 0) is 19.1 Å². The molecule has 0 aromatic heterocycles. The summed E-state index contributed by atoms with van der Waals surface area (Å²) in [4.78, 5) is 52.3. The summed E-state index contributed by atoms with van der Waals surface area (Å²) in [5.41, 5.74) is -0.395. The minimum absolute atomic E-state index is 0.0780. The fraction of sp³-hybridized carbons (Fsp3) is 0.529. The van der Waals surface area contributed by atoms with Gasteiger partial charge in [-0.25, -0.2) is 19.2 Å². The second kappa shape index (κ2) is 15.9. The van der Waals surface area contributed by atoms with Crippen molar-refractivity contribution in [3.05, 3.63) is 53.4 Å². The summed E-state index contributed by atoms with van der Waals surface area (Å²) >= 11 is 37.5. The Balaban J connectivity index is 1.48. The topological polar surface area (TPSA) is 105 Å². The van der Waals surface area contributed by atoms with Crippen molar-refractivity contribution in [3.8, 4) is 11.5 Å². The van der Waals surface area contributed by atoms with Crippen molar-refractivity contribution in [1.82, 2.24) is 0 Å². The lowest BCUT2D eigenvalue weighted by Gasteiger charge is -2.16. The predicted octanol–water partition coefficient (Wildman–Crippen LogP) is 10.9. The van der Waals surface area contributed by atoms with Crippen LogP contribution in [0.25, 0.3) is 0 Å². The molecule has 2 unspecified atom stereocenters. The molecule has 2 atom stereocenters. The van der Waals surface area contributed by atoms with Crippen molar-refractivity contribution < 1.29 is 38.1 Å². The zero-order valence-electron chi connectivity index (χ0n) is 26.9. The lowest BCUT2D eigenvalue weighted by molar-refractivity contribution is -0.156. The van der Waals surface area contributed by atoms with Crippen molar-refractivity contribution in [2.24, 2.45) is 22.7 Å². The van der Waals surface area contributed by atoms with Crippen LogP contribution in [0.2, 0.25) is 30.1 Å². The lowest BCUT2D eigenvalue weighted by Crippen LogP contribution is -2.27. The van der Waals surface area contributed by atoms with Crippen LogP contribution in [0, 0.1) is 22.7 Å². The van der Waals surface area contributed by atoms with Crippen LogP contribution >= 0.6 is 69.6 Å². The molecule has 2 fully saturated rings. The van der Waals surface area contributed by atoms with Gasteiger partial charge in [0, 0.05) is 0 Å². The van der Waals surface area contributed by atoms with E-state index in [2.05, 4.69) is 27.7 Å². The number of halogens is 6. The second-order valence-electron chi connectivity index (χ2n) is 12.3. The van der Waals surface area contributed by atoms with Gasteiger partial charge in [-0.2, -0.15) is 0 Å². The molecule has 0 bridgehead atoms. The fourth-order valence-electron chi connectivity index (χ4n) is 6.63. The van der Waals surface area contributed by atoms with Gasteiger partial charge in [0.25, 0.3) is 0 Å². The Morgan fingerprint density at radius 3 is 1.23 bits per heavy atom. The highest BCUT2D eigenvalue weighted by Crippen LogP contribution is 2.60. The first-order valence-corrected chi connectivity index (χ1v) is 18.1. The van der Waals surface area contributed by atoms with Crippen molar-refractivity contribution in [1.29, 1.82) is 0 Å². The van der Waals surface area contributed by atoms with Crippen LogP contribution in [0.3, 0.4) is 0 Å². The number of rotatable bonds is 14. The first-order valence-electron chi connectivity index (χ1n) is 15.8. The molecule has 2 aromatic rings. The number of hydrogen-bond acceptors (Lipinski definition) is 8. The van der Waals surface area contributed by atoms with Crippen molar-refractivity contribution in [3.63, 3.8) is 0 Å². The Morgan fingerprint density at radius 2 is 0.938 bits per heavy atom. The van der Waals surface area contributed by atoms with E-state index < -0.39 is 46.5 Å². The molecular weight excluding hydrogens is 749 g/mol. The van der Waals surface area contributed by atoms with Crippen molar-refractivity contribution in [2.75, 3.05) is 13.2 Å². The Morgan fingerprint density at radius 1 is 0.604 bits per heavy atom. The van der Waals surface area contributed by atoms with Crippen LogP contribution in [0.5, 0.6) is 11.5 Å². The minimum Gasteiger partial charge on any atom is -0.462 e. The molecule has 2 aliphatic carbocycles. The molecule has 0 heterocycles. The fourth-order valence-corrected chi connectivity index (χ4v) is 8.07. The van der Waals surface area contributed by atoms with Crippen LogP contribution in [-0.4, -0.2) is 37.1 Å². The highest BCUT2D eigenvalue weighted by atomic mass is 35.5. The number of hydrogen-bond donors (Lipinski definition) is 0. The van der Waals surface area contributed by atoms with Crippen molar-refractivity contribution in [2.45, 2.75) is 79.1 Å². The van der Waals surface area contributed by atoms with E-state index in [4.69, 9.17) is 88.6 Å². The molecule has 0 amide bonds. The zero-order chi connectivity index (χ0) is 35.6. The number of benzene rings is 2. The SMILES string of the molecule is CCC1(CC)CC1CCOC(=O)c1c(Cl)c(Cl)cc(Cl)c1OC(=O)C(=O)Oc1c(Cl)cc(Cl)c(Cl)c1C(=O)OCCC1CC1(CC)CC. The Labute approximate surface area is 309 Å². The first-order chi connectivity index (χ1) is 22.7. The van der Waals surface area contributed by atoms with E-state index in [9.17, 15) is 19.2 Å². The normalized spacial score (nSPS) is 18.5. The maximum atomic E-state index is 13.1. The first kappa shape index (κ1) is 38.9. The molecule has 4 rings (SSSR count). The summed E-state index contributed by atoms with van der Waals surface area (Å²) in [5, 5.41) is -1.45. The van der Waals surface area contributed by atoms with E-state index in [0.29, 0.717) is 24.7 Å². The number of carbonyl (C=O) groups excluding carboxylic acids is 4. The van der Waals surface area contributed by atoms with Crippen LogP contribution in [0.15, 0.2) is 12.1 Å². The highest BCUT2D eigenvalue weighted by Gasteiger charge is 2.51. The van der Waals surface area contributed by atoms with E-state index >= 15 is 0 Å². The van der Waals surface area contributed by atoms with Gasteiger partial charge >= 0.3 is 23.9 Å². The van der Waals surface area contributed by atoms with Gasteiger partial charge in [0.05, 0.1) is 43.3 Å². The Bertz CT molecular complexity index is 1480. The molecule has 2 aliphatic rings. The summed E-state index contributed by atoms with van der Waals surface area (Å²) in [6, 6.07) is 2.27. The third kappa shape index (κ3) is 8.16. The summed E-state index contributed by atoms with van der Waals surface area (Å²) in [6.07, 6.45) is 7.49. The summed E-state index contributed by atoms with van der Waals surface area (Å²) in [5.74, 6) is -5.50. The van der Waals surface area contributed by atoms with E-state index in [1.54, 1.807) is 0 Å². The maximum Gasteiger partial charge on any atom is 0.423 e. The van der Waals surface area contributed by atoms with Gasteiger partial charge in [0.15, 0.2) is 11.5 Å². The molecule has 2 aromatic carbocycles. The Hall–Kier alpha value is -1.94. The molecule has 8 nitrogen and oxygen atoms in total. The van der Waals surface area contributed by atoms with E-state index in [0.717, 1.165) is 50.7 Å². The molecule has 262 valence electrons. The van der Waals surface area contributed by atoms with Gasteiger partial charge in [-0.15, -0.1) is 0 Å². The highest BCUT2D eigenvalue weighted by molar-refractivity contribution is 6.47. The van der Waals surface area contributed by atoms with Gasteiger partial charge in [-0.05, 0) is 60.5 Å². The van der Waals surface area contributed by atoms with E-state index in [1.807, 2.05) is 0 Å². The van der Waals surface area contributed by atoms with Gasteiger partial charge < -0.3 is 18.9 Å². The number of esters is 4. The van der Waals surface area contributed by atoms with Crippen LogP contribution < -0.4 is 9.47 Å². The molecule has 0 spiro atoms. The van der Waals surface area contributed by atoms with Crippen LogP contribution in [0.1, 0.15) is 99.8 Å². The van der Waals surface area contributed by atoms with Gasteiger partial charge in [0.2, 0.25) is 0 Å². The third-order valence-corrected chi connectivity index (χ3v) is 12.3. The third-order valence-electron chi connectivity index (χ3n) is 10.2. The van der Waals surface area contributed by atoms with Gasteiger partial charge in [-0.3, -0.25) is 0 Å². The predicted molar refractivity (Wildman–Crippen MR) is 186 cm³/mol. The summed E-state index contributed by atoms with van der Waals surface area (Å²) in [6.45, 7) is 8.69. The largest absolute Gasteiger partial charge is 0.462 e. The molecule has 48 heavy (non-hydrogen) atoms. The molecule has 14 heteroatoms. The standard InChI is InChI=1S/C34H36Cl6O8/c1-5-33(6-2)15-17(33)9-11-45-29(41)23-25(39)19(35)13-21(37)27(23)47-31(43)32(44)48-28-22(38)14-20(36)26(40)24(28)30(42)46-12-10-18-16-34(18,7-3)8-4/h13-14,17-18H,5-12,15-16H2,1-4H3. The van der Waals surface area contributed by atoms with E-state index in [-0.39, 0.29) is 54.2 Å². The maximum absolute atomic E-state index is 13.1. The van der Waals surface area contributed by atoms with Gasteiger partial charge in [-0.1, -0.05) is 123 Å². The summed E-state index contributed by atoms with van der Waals surface area (Å²) < 4.78 is 21.3. The smallest absolute Gasteiger partial charge is 0.423 e. The molecule has 0 N–H and O–H groups in total. The minimum atomic E-state index is -1.64. The molecule has 2 saturated carbocycles. The second-order valence-corrected chi connectivity index (χ2v) is 14.7. The molecule has 0 aliphatic heterocycles. The average Bonchev–Trinajstić information content (AvgIpc) is 3.96. The molecule has 0 radical (unpaired) electrons. The quantitative estimate of drug-likeness (QED) is 0.0807. The van der Waals surface area contributed by atoms with E-state index in [1.165, 1.54) is 0 Å². The lowest BCUT2D eigenvalue weighted by atomic mass is 9.96. The molecular formula is C34H36Cl6O8. The number of ether oxygens (including phenoxy) is 4. The van der Waals surface area contributed by atoms with Gasteiger partial charge in [0.1, 0.15) is 11.1 Å². The zero-order valence-corrected chi connectivity index (χ0v) is 31.4. The monoisotopic (exact) mass is 782 g/mol. The van der Waals surface area contributed by atoms with Crippen LogP contribution in [0.4, 0.5) is 0 Å². The number of carbonyl (C=O) groups is 4. The summed E-state index contributed by atoms with van der Waals surface area (Å²) in [7, 11) is 0.